The van der Waals surface area contributed by atoms with Crippen LogP contribution in [0.5, 0.6) is 0 Å². The van der Waals surface area contributed by atoms with E-state index in [0.717, 1.165) is 11.1 Å². The Hall–Kier alpha value is -2.32. The first-order chi connectivity index (χ1) is 12.7. The molecule has 6 nitrogen and oxygen atoms in total. The number of hydrogen-bond donors (Lipinski definition) is 1. The van der Waals surface area contributed by atoms with Gasteiger partial charge >= 0.3 is 0 Å². The molecule has 0 radical (unpaired) electrons. The molecule has 0 amide bonds. The summed E-state index contributed by atoms with van der Waals surface area (Å²) in [6.07, 6.45) is 0. The average Bonchev–Trinajstić information content (AvgIpc) is 3.17. The Balaban J connectivity index is 0.00000261. The molecule has 0 aliphatic heterocycles. The molecule has 0 bridgehead atoms. The number of hydrogen-bond acceptors (Lipinski definition) is 6. The molecule has 0 atom stereocenters. The van der Waals surface area contributed by atoms with Gasteiger partial charge in [-0.25, -0.2) is 4.39 Å². The van der Waals surface area contributed by atoms with E-state index in [4.69, 9.17) is 19.7 Å². The third-order valence-electron chi connectivity index (χ3n) is 3.86. The van der Waals surface area contributed by atoms with Crippen molar-refractivity contribution in [3.63, 3.8) is 0 Å². The summed E-state index contributed by atoms with van der Waals surface area (Å²) in [5, 5.41) is 4.00. The van der Waals surface area contributed by atoms with Crippen molar-refractivity contribution in [1.29, 1.82) is 0 Å². The van der Waals surface area contributed by atoms with Crippen molar-refractivity contribution in [1.82, 2.24) is 10.1 Å². The van der Waals surface area contributed by atoms with E-state index in [1.54, 1.807) is 19.2 Å². The fourth-order valence-corrected chi connectivity index (χ4v) is 2.39. The summed E-state index contributed by atoms with van der Waals surface area (Å²) in [5.74, 6) is 0.440. The zero-order valence-electron chi connectivity index (χ0n) is 14.9. The van der Waals surface area contributed by atoms with Crippen LogP contribution in [0.3, 0.4) is 0 Å². The minimum atomic E-state index is -0.344. The molecule has 3 aromatic rings. The van der Waals surface area contributed by atoms with E-state index in [0.29, 0.717) is 42.6 Å². The average molecular weight is 394 g/mol. The summed E-state index contributed by atoms with van der Waals surface area (Å²) in [5.41, 5.74) is 8.50. The molecule has 1 heterocycles. The van der Waals surface area contributed by atoms with Crippen LogP contribution in [0.15, 0.2) is 47.0 Å². The van der Waals surface area contributed by atoms with Crippen molar-refractivity contribution in [2.24, 2.45) is 5.73 Å². The predicted octanol–water partition coefficient (Wildman–Crippen LogP) is 3.59. The molecule has 2 N–H and O–H groups in total. The van der Waals surface area contributed by atoms with E-state index in [1.807, 2.05) is 24.3 Å². The van der Waals surface area contributed by atoms with Crippen LogP contribution in [0, 0.1) is 5.82 Å². The molecule has 0 aliphatic rings. The maximum Gasteiger partial charge on any atom is 0.258 e. The van der Waals surface area contributed by atoms with Gasteiger partial charge in [-0.3, -0.25) is 0 Å². The van der Waals surface area contributed by atoms with Crippen molar-refractivity contribution in [3.05, 3.63) is 59.4 Å². The van der Waals surface area contributed by atoms with Gasteiger partial charge in [-0.15, -0.1) is 12.4 Å². The number of rotatable bonds is 8. The Bertz CT molecular complexity index is 856. The van der Waals surface area contributed by atoms with Crippen LogP contribution in [0.25, 0.3) is 22.8 Å². The Kier molecular flexibility index (Phi) is 7.87. The van der Waals surface area contributed by atoms with E-state index in [-0.39, 0.29) is 24.8 Å². The lowest BCUT2D eigenvalue weighted by Gasteiger charge is -2.06. The highest BCUT2D eigenvalue weighted by Gasteiger charge is 2.13. The van der Waals surface area contributed by atoms with Crippen LogP contribution in [-0.2, 0) is 22.6 Å². The van der Waals surface area contributed by atoms with Crippen molar-refractivity contribution in [2.75, 3.05) is 20.3 Å². The molecule has 3 rings (SSSR count). The van der Waals surface area contributed by atoms with Crippen molar-refractivity contribution >= 4 is 12.4 Å². The zero-order valence-corrected chi connectivity index (χ0v) is 15.7. The molecule has 0 fully saturated rings. The Morgan fingerprint density at radius 2 is 1.81 bits per heavy atom. The van der Waals surface area contributed by atoms with Crippen LogP contribution in [0.1, 0.15) is 11.1 Å². The fraction of sp³-hybridized carbons (Fsp3) is 0.263. The van der Waals surface area contributed by atoms with Crippen LogP contribution >= 0.6 is 12.4 Å². The first kappa shape index (κ1) is 21.0. The Morgan fingerprint density at radius 3 is 2.52 bits per heavy atom. The van der Waals surface area contributed by atoms with Crippen molar-refractivity contribution in [2.45, 2.75) is 13.2 Å². The van der Waals surface area contributed by atoms with Crippen LogP contribution in [-0.4, -0.2) is 30.5 Å². The summed E-state index contributed by atoms with van der Waals surface area (Å²) >= 11 is 0. The van der Waals surface area contributed by atoms with E-state index in [2.05, 4.69) is 10.1 Å². The highest BCUT2D eigenvalue weighted by Crippen LogP contribution is 2.24. The molecular formula is C19H21ClFN3O3. The minimum Gasteiger partial charge on any atom is -0.382 e. The normalized spacial score (nSPS) is 10.6. The lowest BCUT2D eigenvalue weighted by Crippen LogP contribution is -2.03. The van der Waals surface area contributed by atoms with Crippen molar-refractivity contribution in [3.8, 4) is 22.8 Å². The summed E-state index contributed by atoms with van der Waals surface area (Å²) in [4.78, 5) is 4.39. The summed E-state index contributed by atoms with van der Waals surface area (Å²) in [6, 6.07) is 12.2. The van der Waals surface area contributed by atoms with Gasteiger partial charge in [0.25, 0.3) is 5.89 Å². The zero-order chi connectivity index (χ0) is 18.4. The maximum absolute atomic E-state index is 13.9. The van der Waals surface area contributed by atoms with Gasteiger partial charge in [0.15, 0.2) is 0 Å². The number of benzene rings is 2. The number of nitrogens with two attached hydrogens (primary N) is 1. The smallest absolute Gasteiger partial charge is 0.258 e. The van der Waals surface area contributed by atoms with Gasteiger partial charge in [-0.05, 0) is 23.8 Å². The predicted molar refractivity (Wildman–Crippen MR) is 102 cm³/mol. The van der Waals surface area contributed by atoms with Crippen molar-refractivity contribution < 1.29 is 18.4 Å². The van der Waals surface area contributed by atoms with Gasteiger partial charge in [-0.1, -0.05) is 29.4 Å². The topological polar surface area (TPSA) is 83.4 Å². The van der Waals surface area contributed by atoms with Gasteiger partial charge in [0, 0.05) is 30.3 Å². The molecule has 144 valence electrons. The van der Waals surface area contributed by atoms with Gasteiger partial charge < -0.3 is 19.7 Å². The maximum atomic E-state index is 13.9. The number of halogens is 2. The van der Waals surface area contributed by atoms with Gasteiger partial charge in [0.05, 0.1) is 19.8 Å². The van der Waals surface area contributed by atoms with E-state index in [9.17, 15) is 4.39 Å². The number of ether oxygens (including phenoxy) is 2. The molecule has 0 saturated carbocycles. The van der Waals surface area contributed by atoms with E-state index < -0.39 is 0 Å². The number of aromatic nitrogens is 2. The lowest BCUT2D eigenvalue weighted by atomic mass is 10.1. The molecular weight excluding hydrogens is 373 g/mol. The van der Waals surface area contributed by atoms with E-state index in [1.165, 1.54) is 6.07 Å². The number of nitrogens with zero attached hydrogens (tertiary/aromatic N) is 2. The Morgan fingerprint density at radius 1 is 1.07 bits per heavy atom. The van der Waals surface area contributed by atoms with Gasteiger partial charge in [0.2, 0.25) is 5.82 Å². The quantitative estimate of drug-likeness (QED) is 0.589. The lowest BCUT2D eigenvalue weighted by molar-refractivity contribution is 0.0604. The number of methoxy groups -OCH3 is 1. The first-order valence-electron chi connectivity index (χ1n) is 8.20. The summed E-state index contributed by atoms with van der Waals surface area (Å²) < 4.78 is 29.6. The standard InChI is InChI=1S/C19H20FN3O3.ClH/c1-24-8-9-25-12-16-10-15(6-7-17(16)20)19-22-18(23-26-19)14-4-2-13(11-21)3-5-14;/h2-7,10H,8-9,11-12,21H2,1H3;1H. The SMILES string of the molecule is COCCOCc1cc(-c2nc(-c3ccc(CN)cc3)no2)ccc1F.Cl. The molecule has 1 aromatic heterocycles. The van der Waals surface area contributed by atoms with Crippen LogP contribution in [0.4, 0.5) is 4.39 Å². The molecule has 8 heteroatoms. The summed E-state index contributed by atoms with van der Waals surface area (Å²) in [7, 11) is 1.58. The Labute approximate surface area is 162 Å². The highest BCUT2D eigenvalue weighted by atomic mass is 35.5. The van der Waals surface area contributed by atoms with Crippen LogP contribution < -0.4 is 5.73 Å². The molecule has 0 saturated heterocycles. The molecule has 0 unspecified atom stereocenters. The first-order valence-corrected chi connectivity index (χ1v) is 8.20. The third-order valence-corrected chi connectivity index (χ3v) is 3.86. The third kappa shape index (κ3) is 5.33. The molecule has 2 aromatic carbocycles. The molecule has 0 spiro atoms. The second-order valence-electron chi connectivity index (χ2n) is 5.68. The van der Waals surface area contributed by atoms with Gasteiger partial charge in [0.1, 0.15) is 5.82 Å². The largest absolute Gasteiger partial charge is 0.382 e. The summed E-state index contributed by atoms with van der Waals surface area (Å²) in [6.45, 7) is 1.47. The highest BCUT2D eigenvalue weighted by molar-refractivity contribution is 5.85. The monoisotopic (exact) mass is 393 g/mol. The van der Waals surface area contributed by atoms with E-state index >= 15 is 0 Å². The van der Waals surface area contributed by atoms with Gasteiger partial charge in [-0.2, -0.15) is 4.98 Å². The second kappa shape index (κ2) is 10.1. The molecule has 27 heavy (non-hydrogen) atoms. The fourth-order valence-electron chi connectivity index (χ4n) is 2.39. The molecule has 0 aliphatic carbocycles. The van der Waals surface area contributed by atoms with Crippen LogP contribution in [0.2, 0.25) is 0 Å². The second-order valence-corrected chi connectivity index (χ2v) is 5.68. The minimum absolute atomic E-state index is 0.